The first-order valence-electron chi connectivity index (χ1n) is 7.32. The van der Waals surface area contributed by atoms with E-state index in [0.717, 1.165) is 38.1 Å². The van der Waals surface area contributed by atoms with E-state index in [2.05, 4.69) is 15.3 Å². The lowest BCUT2D eigenvalue weighted by Gasteiger charge is -2.23. The second-order valence-corrected chi connectivity index (χ2v) is 5.54. The molecule has 1 atom stereocenters. The third-order valence-corrected chi connectivity index (χ3v) is 3.98. The molecule has 0 aromatic carbocycles. The van der Waals surface area contributed by atoms with Crippen LogP contribution in [0.1, 0.15) is 31.5 Å². The molecule has 0 unspecified atom stereocenters. The molecule has 1 saturated heterocycles. The molecule has 6 heteroatoms. The van der Waals surface area contributed by atoms with Crippen molar-refractivity contribution in [3.8, 4) is 0 Å². The Morgan fingerprint density at radius 2 is 2.25 bits per heavy atom. The summed E-state index contributed by atoms with van der Waals surface area (Å²) in [5.74, 6) is 1.20. The van der Waals surface area contributed by atoms with Gasteiger partial charge in [-0.2, -0.15) is 0 Å². The summed E-state index contributed by atoms with van der Waals surface area (Å²) < 4.78 is 0. The third-order valence-electron chi connectivity index (χ3n) is 3.98. The Bertz CT molecular complexity index is 481. The van der Waals surface area contributed by atoms with E-state index in [4.69, 9.17) is 0 Å². The van der Waals surface area contributed by atoms with Crippen LogP contribution in [0.3, 0.4) is 0 Å². The van der Waals surface area contributed by atoms with E-state index in [1.807, 2.05) is 0 Å². The molecule has 20 heavy (non-hydrogen) atoms. The molecule has 0 spiro atoms. The Morgan fingerprint density at radius 3 is 2.95 bits per heavy atom. The highest BCUT2D eigenvalue weighted by Gasteiger charge is 2.40. The van der Waals surface area contributed by atoms with E-state index in [0.29, 0.717) is 13.0 Å². The number of H-pyrrole nitrogens is 1. The van der Waals surface area contributed by atoms with Crippen molar-refractivity contribution in [2.24, 2.45) is 5.92 Å². The molecule has 2 N–H and O–H groups in total. The molecule has 1 aromatic heterocycles. The highest BCUT2D eigenvalue weighted by atomic mass is 16.2. The van der Waals surface area contributed by atoms with Gasteiger partial charge in [0.25, 0.3) is 0 Å². The number of rotatable bonds is 5. The number of aromatic amines is 1. The summed E-state index contributed by atoms with van der Waals surface area (Å²) in [6, 6.07) is -0.264. The molecule has 6 nitrogen and oxygen atoms in total. The molecule has 1 aliphatic carbocycles. The number of carbonyl (C=O) groups is 2. The van der Waals surface area contributed by atoms with Gasteiger partial charge in [0, 0.05) is 37.8 Å². The van der Waals surface area contributed by atoms with Gasteiger partial charge in [-0.15, -0.1) is 0 Å². The SMILES string of the molecule is O=C(NCCc1ncc[nH]1)[C@@H]1CCCN1C(=O)C1CC1. The van der Waals surface area contributed by atoms with E-state index in [1.54, 1.807) is 17.3 Å². The van der Waals surface area contributed by atoms with Gasteiger partial charge >= 0.3 is 0 Å². The van der Waals surface area contributed by atoms with Crippen molar-refractivity contribution < 1.29 is 9.59 Å². The summed E-state index contributed by atoms with van der Waals surface area (Å²) in [5.41, 5.74) is 0. The van der Waals surface area contributed by atoms with Gasteiger partial charge < -0.3 is 15.2 Å². The van der Waals surface area contributed by atoms with Crippen LogP contribution in [-0.2, 0) is 16.0 Å². The summed E-state index contributed by atoms with van der Waals surface area (Å²) in [6.07, 6.45) is 7.83. The van der Waals surface area contributed by atoms with Crippen molar-refractivity contribution in [2.45, 2.75) is 38.1 Å². The van der Waals surface area contributed by atoms with E-state index in [1.165, 1.54) is 0 Å². The Balaban J connectivity index is 1.49. The first-order chi connectivity index (χ1) is 9.75. The van der Waals surface area contributed by atoms with Crippen molar-refractivity contribution in [3.05, 3.63) is 18.2 Å². The fraction of sp³-hybridized carbons (Fsp3) is 0.643. The number of hydrogen-bond donors (Lipinski definition) is 2. The number of nitrogens with zero attached hydrogens (tertiary/aromatic N) is 2. The Labute approximate surface area is 117 Å². The van der Waals surface area contributed by atoms with Crippen LogP contribution < -0.4 is 5.32 Å². The third kappa shape index (κ3) is 2.84. The Kier molecular flexibility index (Phi) is 3.71. The Hall–Kier alpha value is -1.85. The molecule has 1 aliphatic heterocycles. The standard InChI is InChI=1S/C14H20N4O2/c19-13(17-6-5-12-15-7-8-16-12)11-2-1-9-18(11)14(20)10-3-4-10/h7-8,10-11H,1-6,9H2,(H,15,16)(H,17,19)/t11-/m0/s1. The zero-order valence-electron chi connectivity index (χ0n) is 11.5. The van der Waals surface area contributed by atoms with Crippen LogP contribution in [-0.4, -0.2) is 45.8 Å². The molecule has 2 fully saturated rings. The average molecular weight is 276 g/mol. The molecule has 2 amide bonds. The second kappa shape index (κ2) is 5.64. The monoisotopic (exact) mass is 276 g/mol. The van der Waals surface area contributed by atoms with E-state index in [9.17, 15) is 9.59 Å². The van der Waals surface area contributed by atoms with Gasteiger partial charge in [0.2, 0.25) is 11.8 Å². The Morgan fingerprint density at radius 1 is 1.40 bits per heavy atom. The fourth-order valence-corrected chi connectivity index (χ4v) is 2.72. The first kappa shape index (κ1) is 13.1. The molecule has 108 valence electrons. The number of likely N-dealkylation sites (tertiary alicyclic amines) is 1. The maximum absolute atomic E-state index is 12.2. The molecular formula is C14H20N4O2. The number of aromatic nitrogens is 2. The summed E-state index contributed by atoms with van der Waals surface area (Å²) >= 11 is 0. The largest absolute Gasteiger partial charge is 0.354 e. The molecule has 2 heterocycles. The minimum Gasteiger partial charge on any atom is -0.354 e. The summed E-state index contributed by atoms with van der Waals surface area (Å²) in [5, 5.41) is 2.91. The molecule has 3 rings (SSSR count). The molecule has 0 bridgehead atoms. The van der Waals surface area contributed by atoms with Crippen LogP contribution in [0.5, 0.6) is 0 Å². The van der Waals surface area contributed by atoms with Crippen molar-refractivity contribution in [1.82, 2.24) is 20.2 Å². The average Bonchev–Trinajstić information content (AvgIpc) is 2.97. The highest BCUT2D eigenvalue weighted by molar-refractivity contribution is 5.89. The molecule has 1 saturated carbocycles. The van der Waals surface area contributed by atoms with Crippen LogP contribution in [0, 0.1) is 5.92 Å². The predicted octanol–water partition coefficient (Wildman–Crippen LogP) is 0.469. The van der Waals surface area contributed by atoms with Crippen LogP contribution in [0.4, 0.5) is 0 Å². The van der Waals surface area contributed by atoms with Gasteiger partial charge in [0.15, 0.2) is 0 Å². The number of carbonyl (C=O) groups excluding carboxylic acids is 2. The lowest BCUT2D eigenvalue weighted by molar-refractivity contribution is -0.139. The molecule has 0 radical (unpaired) electrons. The molecular weight excluding hydrogens is 256 g/mol. The van der Waals surface area contributed by atoms with E-state index >= 15 is 0 Å². The highest BCUT2D eigenvalue weighted by Crippen LogP contribution is 2.33. The smallest absolute Gasteiger partial charge is 0.242 e. The van der Waals surface area contributed by atoms with Crippen molar-refractivity contribution >= 4 is 11.8 Å². The van der Waals surface area contributed by atoms with Crippen molar-refractivity contribution in [3.63, 3.8) is 0 Å². The predicted molar refractivity (Wildman–Crippen MR) is 72.8 cm³/mol. The maximum Gasteiger partial charge on any atom is 0.242 e. The van der Waals surface area contributed by atoms with Crippen LogP contribution >= 0.6 is 0 Å². The fourth-order valence-electron chi connectivity index (χ4n) is 2.72. The maximum atomic E-state index is 12.2. The van der Waals surface area contributed by atoms with Crippen LogP contribution in [0.25, 0.3) is 0 Å². The molecule has 1 aromatic rings. The summed E-state index contributed by atoms with van der Waals surface area (Å²) in [4.78, 5) is 33.2. The topological polar surface area (TPSA) is 78.1 Å². The zero-order valence-corrected chi connectivity index (χ0v) is 11.5. The van der Waals surface area contributed by atoms with E-state index < -0.39 is 0 Å². The normalized spacial score (nSPS) is 22.0. The number of imidazole rings is 1. The number of hydrogen-bond acceptors (Lipinski definition) is 3. The van der Waals surface area contributed by atoms with Gasteiger partial charge in [0.1, 0.15) is 11.9 Å². The second-order valence-electron chi connectivity index (χ2n) is 5.54. The van der Waals surface area contributed by atoms with Gasteiger partial charge in [-0.1, -0.05) is 0 Å². The lowest BCUT2D eigenvalue weighted by Crippen LogP contribution is -2.46. The quantitative estimate of drug-likeness (QED) is 0.820. The summed E-state index contributed by atoms with van der Waals surface area (Å²) in [7, 11) is 0. The summed E-state index contributed by atoms with van der Waals surface area (Å²) in [6.45, 7) is 1.28. The molecule has 2 aliphatic rings. The number of nitrogens with one attached hydrogen (secondary N) is 2. The van der Waals surface area contributed by atoms with E-state index in [-0.39, 0.29) is 23.8 Å². The number of amides is 2. The van der Waals surface area contributed by atoms with Gasteiger partial charge in [0.05, 0.1) is 0 Å². The van der Waals surface area contributed by atoms with Crippen LogP contribution in [0.2, 0.25) is 0 Å². The van der Waals surface area contributed by atoms with Crippen molar-refractivity contribution in [2.75, 3.05) is 13.1 Å². The van der Waals surface area contributed by atoms with Gasteiger partial charge in [-0.3, -0.25) is 9.59 Å². The zero-order chi connectivity index (χ0) is 13.9. The van der Waals surface area contributed by atoms with Gasteiger partial charge in [-0.05, 0) is 25.7 Å². The lowest BCUT2D eigenvalue weighted by atomic mass is 10.2. The van der Waals surface area contributed by atoms with Crippen LogP contribution in [0.15, 0.2) is 12.4 Å². The minimum absolute atomic E-state index is 0.0249. The first-order valence-corrected chi connectivity index (χ1v) is 7.32. The van der Waals surface area contributed by atoms with Gasteiger partial charge in [-0.25, -0.2) is 4.98 Å². The van der Waals surface area contributed by atoms with Crippen molar-refractivity contribution in [1.29, 1.82) is 0 Å². The minimum atomic E-state index is -0.264.